The van der Waals surface area contributed by atoms with Crippen LogP contribution in [0.1, 0.15) is 36.5 Å². The lowest BCUT2D eigenvalue weighted by molar-refractivity contribution is 0.0290. The summed E-state index contributed by atoms with van der Waals surface area (Å²) < 4.78 is 2.14. The number of nitrogens with zero attached hydrogens (tertiary/aromatic N) is 5. The fourth-order valence-electron chi connectivity index (χ4n) is 4.14. The van der Waals surface area contributed by atoms with Crippen LogP contribution in [0.2, 0.25) is 0 Å². The highest BCUT2D eigenvalue weighted by atomic mass is 32.1. The van der Waals surface area contributed by atoms with Crippen molar-refractivity contribution in [2.45, 2.75) is 38.8 Å². The summed E-state index contributed by atoms with van der Waals surface area (Å²) >= 11 is 1.78. The Morgan fingerprint density at radius 2 is 1.62 bits per heavy atom. The van der Waals surface area contributed by atoms with E-state index in [4.69, 9.17) is 0 Å². The molecule has 130 valence electrons. The van der Waals surface area contributed by atoms with Crippen LogP contribution in [0.4, 0.5) is 0 Å². The molecular weight excluding hydrogens is 318 g/mol. The zero-order chi connectivity index (χ0) is 16.4. The molecule has 2 fully saturated rings. The van der Waals surface area contributed by atoms with E-state index in [0.29, 0.717) is 5.41 Å². The van der Waals surface area contributed by atoms with E-state index in [1.54, 1.807) is 11.3 Å². The summed E-state index contributed by atoms with van der Waals surface area (Å²) in [6.07, 6.45) is 11.3. The van der Waals surface area contributed by atoms with Gasteiger partial charge in [0.05, 0.1) is 13.1 Å². The summed E-state index contributed by atoms with van der Waals surface area (Å²) in [7, 11) is 2.09. The summed E-state index contributed by atoms with van der Waals surface area (Å²) in [5, 5.41) is 3.34. The van der Waals surface area contributed by atoms with Gasteiger partial charge in [0.25, 0.3) is 0 Å². The van der Waals surface area contributed by atoms with Gasteiger partial charge in [-0.1, -0.05) is 0 Å². The molecule has 0 saturated carbocycles. The van der Waals surface area contributed by atoms with Crippen LogP contribution in [0.3, 0.4) is 0 Å². The quantitative estimate of drug-likeness (QED) is 0.854. The summed E-state index contributed by atoms with van der Waals surface area (Å²) in [5.74, 6) is 1.18. The minimum absolute atomic E-state index is 0.595. The number of hydrogen-bond donors (Lipinski definition) is 0. The van der Waals surface area contributed by atoms with Crippen molar-refractivity contribution in [1.82, 2.24) is 24.3 Å². The number of likely N-dealkylation sites (tertiary alicyclic amines) is 2. The molecular formula is C18H27N5S. The molecule has 2 aliphatic heterocycles. The summed E-state index contributed by atoms with van der Waals surface area (Å²) in [4.78, 5) is 14.1. The van der Waals surface area contributed by atoms with Crippen LogP contribution in [0.15, 0.2) is 24.0 Å². The summed E-state index contributed by atoms with van der Waals surface area (Å²) in [5.41, 5.74) is 0.595. The molecule has 0 atom stereocenters. The highest BCUT2D eigenvalue weighted by Crippen LogP contribution is 2.41. The van der Waals surface area contributed by atoms with Gasteiger partial charge in [-0.25, -0.2) is 9.97 Å². The first-order valence-electron chi connectivity index (χ1n) is 9.02. The molecule has 5 nitrogen and oxygen atoms in total. The third kappa shape index (κ3) is 3.55. The van der Waals surface area contributed by atoms with E-state index < -0.39 is 0 Å². The largest absolute Gasteiger partial charge is 0.337 e. The van der Waals surface area contributed by atoms with Gasteiger partial charge in [-0.2, -0.15) is 0 Å². The molecule has 0 radical (unpaired) electrons. The van der Waals surface area contributed by atoms with Gasteiger partial charge in [-0.3, -0.25) is 9.80 Å². The molecule has 24 heavy (non-hydrogen) atoms. The Labute approximate surface area is 148 Å². The van der Waals surface area contributed by atoms with Crippen LogP contribution in [0.25, 0.3) is 0 Å². The van der Waals surface area contributed by atoms with Crippen molar-refractivity contribution in [2.75, 3.05) is 26.2 Å². The highest BCUT2D eigenvalue weighted by Gasteiger charge is 2.37. The Morgan fingerprint density at radius 3 is 2.17 bits per heavy atom. The van der Waals surface area contributed by atoms with Crippen LogP contribution in [0.5, 0.6) is 0 Å². The average Bonchev–Trinajstić information content (AvgIpc) is 3.25. The molecule has 1 spiro atoms. The van der Waals surface area contributed by atoms with Crippen LogP contribution in [-0.4, -0.2) is 50.5 Å². The third-order valence-electron chi connectivity index (χ3n) is 5.96. The van der Waals surface area contributed by atoms with Crippen molar-refractivity contribution in [2.24, 2.45) is 12.5 Å². The van der Waals surface area contributed by atoms with Crippen molar-refractivity contribution >= 4 is 11.3 Å². The second kappa shape index (κ2) is 6.94. The van der Waals surface area contributed by atoms with Crippen LogP contribution in [-0.2, 0) is 20.1 Å². The number of aromatic nitrogens is 3. The number of hydrogen-bond acceptors (Lipinski definition) is 5. The lowest BCUT2D eigenvalue weighted by Crippen LogP contribution is -2.46. The van der Waals surface area contributed by atoms with Gasteiger partial charge in [0.1, 0.15) is 10.8 Å². The molecule has 6 heteroatoms. The monoisotopic (exact) mass is 345 g/mol. The molecule has 0 aromatic carbocycles. The van der Waals surface area contributed by atoms with Gasteiger partial charge in [0, 0.05) is 31.0 Å². The first-order chi connectivity index (χ1) is 11.7. The summed E-state index contributed by atoms with van der Waals surface area (Å²) in [6.45, 7) is 6.95. The smallest absolute Gasteiger partial charge is 0.122 e. The van der Waals surface area contributed by atoms with E-state index in [-0.39, 0.29) is 0 Å². The van der Waals surface area contributed by atoms with Gasteiger partial charge in [-0.05, 0) is 57.3 Å². The van der Waals surface area contributed by atoms with E-state index in [1.165, 1.54) is 62.7 Å². The van der Waals surface area contributed by atoms with Crippen molar-refractivity contribution in [3.8, 4) is 0 Å². The van der Waals surface area contributed by atoms with Crippen molar-refractivity contribution in [3.63, 3.8) is 0 Å². The Morgan fingerprint density at radius 1 is 0.958 bits per heavy atom. The first kappa shape index (κ1) is 16.2. The van der Waals surface area contributed by atoms with Gasteiger partial charge in [0.15, 0.2) is 0 Å². The van der Waals surface area contributed by atoms with E-state index in [0.717, 1.165) is 13.1 Å². The zero-order valence-corrected chi connectivity index (χ0v) is 15.3. The minimum Gasteiger partial charge on any atom is -0.337 e. The highest BCUT2D eigenvalue weighted by molar-refractivity contribution is 7.09. The molecule has 2 aromatic rings. The number of piperidine rings is 2. The maximum absolute atomic E-state index is 4.47. The molecule has 2 aliphatic rings. The van der Waals surface area contributed by atoms with Crippen LogP contribution >= 0.6 is 11.3 Å². The molecule has 0 aliphatic carbocycles. The molecule has 4 heterocycles. The number of thiazole rings is 1. The Balaban J connectivity index is 1.26. The molecule has 2 saturated heterocycles. The molecule has 0 N–H and O–H groups in total. The zero-order valence-electron chi connectivity index (χ0n) is 14.5. The average molecular weight is 346 g/mol. The van der Waals surface area contributed by atoms with E-state index in [2.05, 4.69) is 36.8 Å². The molecule has 0 amide bonds. The second-order valence-electron chi connectivity index (χ2n) is 7.43. The Kier molecular flexibility index (Phi) is 4.70. The van der Waals surface area contributed by atoms with E-state index in [1.807, 2.05) is 18.6 Å². The Hall–Kier alpha value is -1.24. The second-order valence-corrected chi connectivity index (χ2v) is 8.41. The molecule has 0 bridgehead atoms. The van der Waals surface area contributed by atoms with Gasteiger partial charge in [0.2, 0.25) is 0 Å². The molecule has 0 unspecified atom stereocenters. The standard InChI is InChI=1S/C18H27N5S/c1-21-12-6-19-16(21)14-22-8-2-18(3-9-22)4-10-23(11-5-18)15-17-20-7-13-24-17/h6-7,12-13H,2-5,8-11,14-15H2,1H3. The van der Waals surface area contributed by atoms with E-state index in [9.17, 15) is 0 Å². The van der Waals surface area contributed by atoms with Crippen LogP contribution < -0.4 is 0 Å². The third-order valence-corrected chi connectivity index (χ3v) is 6.73. The topological polar surface area (TPSA) is 37.2 Å². The van der Waals surface area contributed by atoms with Gasteiger partial charge < -0.3 is 4.57 Å². The van der Waals surface area contributed by atoms with Gasteiger partial charge in [-0.15, -0.1) is 11.3 Å². The fourth-order valence-corrected chi connectivity index (χ4v) is 4.80. The lowest BCUT2D eigenvalue weighted by Gasteiger charge is -2.46. The minimum atomic E-state index is 0.595. The SMILES string of the molecule is Cn1ccnc1CN1CCC2(CCN(Cc3nccs3)CC2)CC1. The van der Waals surface area contributed by atoms with Crippen LogP contribution in [0, 0.1) is 5.41 Å². The fraction of sp³-hybridized carbons (Fsp3) is 0.667. The van der Waals surface area contributed by atoms with Gasteiger partial charge >= 0.3 is 0 Å². The number of imidazole rings is 1. The maximum Gasteiger partial charge on any atom is 0.122 e. The number of rotatable bonds is 4. The predicted molar refractivity (Wildman–Crippen MR) is 96.8 cm³/mol. The predicted octanol–water partition coefficient (Wildman–Crippen LogP) is 2.75. The number of aryl methyl sites for hydroxylation is 1. The van der Waals surface area contributed by atoms with E-state index >= 15 is 0 Å². The Bertz CT molecular complexity index is 632. The molecule has 4 rings (SSSR count). The van der Waals surface area contributed by atoms with Crippen molar-refractivity contribution < 1.29 is 0 Å². The molecule has 2 aromatic heterocycles. The lowest BCUT2D eigenvalue weighted by atomic mass is 9.71. The van der Waals surface area contributed by atoms with Crippen molar-refractivity contribution in [3.05, 3.63) is 34.8 Å². The summed E-state index contributed by atoms with van der Waals surface area (Å²) in [6, 6.07) is 0. The van der Waals surface area contributed by atoms with Crippen molar-refractivity contribution in [1.29, 1.82) is 0 Å². The normalized spacial score (nSPS) is 22.2. The maximum atomic E-state index is 4.47. The first-order valence-corrected chi connectivity index (χ1v) is 9.90.